The van der Waals surface area contributed by atoms with Crippen LogP contribution in [0.1, 0.15) is 0 Å². The first-order chi connectivity index (χ1) is 10.3. The lowest BCUT2D eigenvalue weighted by molar-refractivity contribution is -0.883. The van der Waals surface area contributed by atoms with Gasteiger partial charge in [0, 0.05) is 0 Å². The van der Waals surface area contributed by atoms with E-state index in [4.69, 9.17) is 0 Å². The van der Waals surface area contributed by atoms with Crippen LogP contribution < -0.4 is 9.21 Å². The van der Waals surface area contributed by atoms with Crippen LogP contribution in [0.5, 0.6) is 0 Å². The summed E-state index contributed by atoms with van der Waals surface area (Å²) in [5.74, 6) is -0.968. The van der Waals surface area contributed by atoms with Gasteiger partial charge in [0.15, 0.2) is 0 Å². The third kappa shape index (κ3) is 3.95. The van der Waals surface area contributed by atoms with E-state index in [2.05, 4.69) is 0 Å². The second-order valence-corrected chi connectivity index (χ2v) is 7.47. The van der Waals surface area contributed by atoms with Gasteiger partial charge in [0.2, 0.25) is 15.9 Å². The lowest BCUT2D eigenvalue weighted by Crippen LogP contribution is -3.12. The number of sulfonamides is 1. The molecular weight excluding hydrogens is 309 g/mol. The van der Waals surface area contributed by atoms with Crippen molar-refractivity contribution >= 4 is 21.6 Å². The molecule has 0 radical (unpaired) electrons. The zero-order valence-electron chi connectivity index (χ0n) is 12.8. The van der Waals surface area contributed by atoms with Crippen molar-refractivity contribution in [2.45, 2.75) is 0 Å². The van der Waals surface area contributed by atoms with Crippen molar-refractivity contribution in [2.75, 3.05) is 50.3 Å². The molecule has 1 heterocycles. The molecule has 1 N–H and O–H groups in total. The van der Waals surface area contributed by atoms with Gasteiger partial charge in [0.25, 0.3) is 0 Å². The summed E-state index contributed by atoms with van der Waals surface area (Å²) in [6, 6.07) is 5.56. The molecule has 1 aromatic carbocycles. The first-order valence-corrected chi connectivity index (χ1v) is 8.95. The van der Waals surface area contributed by atoms with Gasteiger partial charge in [-0.05, 0) is 12.1 Å². The number of hydrogen-bond donors (Lipinski definition) is 1. The number of halogens is 1. The molecule has 8 heteroatoms. The topological polar surface area (TPSA) is 62.1 Å². The molecule has 0 atom stereocenters. The average molecular weight is 330 g/mol. The molecule has 22 heavy (non-hydrogen) atoms. The van der Waals surface area contributed by atoms with Gasteiger partial charge >= 0.3 is 0 Å². The number of amides is 1. The van der Waals surface area contributed by atoms with Crippen molar-refractivity contribution in [3.05, 3.63) is 30.1 Å². The molecule has 0 bridgehead atoms. The molecule has 1 aliphatic rings. The number of carbonyl (C=O) groups excluding carboxylic acids is 1. The third-order valence-electron chi connectivity index (χ3n) is 3.77. The highest BCUT2D eigenvalue weighted by molar-refractivity contribution is 7.92. The Kier molecular flexibility index (Phi) is 5.02. The minimum atomic E-state index is -3.74. The van der Waals surface area contributed by atoms with E-state index in [-0.39, 0.29) is 18.1 Å². The van der Waals surface area contributed by atoms with Crippen LogP contribution in [0.3, 0.4) is 0 Å². The Labute approximate surface area is 130 Å². The van der Waals surface area contributed by atoms with E-state index in [1.165, 1.54) is 23.1 Å². The van der Waals surface area contributed by atoms with E-state index in [1.54, 1.807) is 11.0 Å². The summed E-state index contributed by atoms with van der Waals surface area (Å²) in [4.78, 5) is 15.3. The zero-order chi connectivity index (χ0) is 16.3. The molecular formula is C14H21FN3O3S+. The highest BCUT2D eigenvalue weighted by Crippen LogP contribution is 2.21. The molecule has 0 spiro atoms. The summed E-state index contributed by atoms with van der Waals surface area (Å²) in [6.45, 7) is 2.44. The molecule has 1 saturated heterocycles. The Morgan fingerprint density at radius 1 is 1.32 bits per heavy atom. The molecule has 0 aliphatic carbocycles. The van der Waals surface area contributed by atoms with Crippen LogP contribution in [0.25, 0.3) is 0 Å². The SMILES string of the molecule is C[NH+]1CCN(C(=O)CN(c2ccccc2F)S(C)(=O)=O)CC1. The molecule has 6 nitrogen and oxygen atoms in total. The van der Waals surface area contributed by atoms with Gasteiger partial charge in [-0.3, -0.25) is 9.10 Å². The molecule has 0 unspecified atom stereocenters. The largest absolute Gasteiger partial charge is 0.334 e. The number of quaternary nitrogens is 1. The van der Waals surface area contributed by atoms with Crippen molar-refractivity contribution in [2.24, 2.45) is 0 Å². The van der Waals surface area contributed by atoms with Crippen LogP contribution >= 0.6 is 0 Å². The Morgan fingerprint density at radius 3 is 2.45 bits per heavy atom. The Morgan fingerprint density at radius 2 is 1.91 bits per heavy atom. The second-order valence-electron chi connectivity index (χ2n) is 5.56. The Balaban J connectivity index is 2.18. The number of likely N-dealkylation sites (N-methyl/N-ethyl adjacent to an activating group) is 1. The summed E-state index contributed by atoms with van der Waals surface area (Å²) < 4.78 is 38.6. The molecule has 1 aromatic rings. The number of para-hydroxylation sites is 1. The number of anilines is 1. The first kappa shape index (κ1) is 16.7. The fraction of sp³-hybridized carbons (Fsp3) is 0.500. The summed E-state index contributed by atoms with van der Waals surface area (Å²) in [5, 5.41) is 0. The zero-order valence-corrected chi connectivity index (χ0v) is 13.6. The van der Waals surface area contributed by atoms with Gasteiger partial charge in [0.05, 0.1) is 45.2 Å². The minimum Gasteiger partial charge on any atom is -0.334 e. The van der Waals surface area contributed by atoms with Crippen LogP contribution in [-0.4, -0.2) is 65.3 Å². The number of rotatable bonds is 4. The van der Waals surface area contributed by atoms with Crippen molar-refractivity contribution in [1.82, 2.24) is 4.90 Å². The molecule has 1 fully saturated rings. The maximum absolute atomic E-state index is 13.9. The van der Waals surface area contributed by atoms with Gasteiger partial charge < -0.3 is 9.80 Å². The van der Waals surface area contributed by atoms with E-state index in [0.29, 0.717) is 13.1 Å². The van der Waals surface area contributed by atoms with Crippen LogP contribution in [0.2, 0.25) is 0 Å². The van der Waals surface area contributed by atoms with Crippen molar-refractivity contribution in [3.63, 3.8) is 0 Å². The van der Waals surface area contributed by atoms with Crippen LogP contribution in [0.15, 0.2) is 24.3 Å². The maximum Gasteiger partial charge on any atom is 0.243 e. The smallest absolute Gasteiger partial charge is 0.243 e. The highest BCUT2D eigenvalue weighted by atomic mass is 32.2. The molecule has 0 aromatic heterocycles. The van der Waals surface area contributed by atoms with E-state index in [0.717, 1.165) is 23.7 Å². The minimum absolute atomic E-state index is 0.0990. The van der Waals surface area contributed by atoms with Crippen LogP contribution in [-0.2, 0) is 14.8 Å². The number of benzene rings is 1. The maximum atomic E-state index is 13.9. The second kappa shape index (κ2) is 6.62. The average Bonchev–Trinajstić information content (AvgIpc) is 2.45. The number of hydrogen-bond acceptors (Lipinski definition) is 3. The van der Waals surface area contributed by atoms with E-state index < -0.39 is 15.8 Å². The fourth-order valence-electron chi connectivity index (χ4n) is 2.40. The van der Waals surface area contributed by atoms with Crippen LogP contribution in [0.4, 0.5) is 10.1 Å². The first-order valence-electron chi connectivity index (χ1n) is 7.10. The number of nitrogens with one attached hydrogen (secondary N) is 1. The van der Waals surface area contributed by atoms with Crippen molar-refractivity contribution < 1.29 is 22.5 Å². The number of carbonyl (C=O) groups is 1. The molecule has 0 saturated carbocycles. The van der Waals surface area contributed by atoms with Gasteiger partial charge in [-0.15, -0.1) is 0 Å². The molecule has 1 amide bonds. The van der Waals surface area contributed by atoms with Gasteiger partial charge in [-0.25, -0.2) is 12.8 Å². The van der Waals surface area contributed by atoms with Crippen LogP contribution in [0, 0.1) is 5.82 Å². The molecule has 1 aliphatic heterocycles. The van der Waals surface area contributed by atoms with Gasteiger partial charge in [-0.1, -0.05) is 12.1 Å². The van der Waals surface area contributed by atoms with Gasteiger partial charge in [0.1, 0.15) is 12.4 Å². The fourth-order valence-corrected chi connectivity index (χ4v) is 3.25. The number of piperazine rings is 1. The predicted molar refractivity (Wildman–Crippen MR) is 81.8 cm³/mol. The summed E-state index contributed by atoms with van der Waals surface area (Å²) in [5.41, 5.74) is -0.0990. The summed E-state index contributed by atoms with van der Waals surface area (Å²) >= 11 is 0. The highest BCUT2D eigenvalue weighted by Gasteiger charge is 2.28. The lowest BCUT2D eigenvalue weighted by atomic mass is 10.3. The van der Waals surface area contributed by atoms with Gasteiger partial charge in [-0.2, -0.15) is 0 Å². The third-order valence-corrected chi connectivity index (χ3v) is 4.90. The normalized spacial score (nSPS) is 16.6. The van der Waals surface area contributed by atoms with E-state index >= 15 is 0 Å². The Bertz CT molecular complexity index is 642. The monoisotopic (exact) mass is 330 g/mol. The van der Waals surface area contributed by atoms with E-state index in [1.807, 2.05) is 7.05 Å². The molecule has 2 rings (SSSR count). The van der Waals surface area contributed by atoms with Crippen molar-refractivity contribution in [3.8, 4) is 0 Å². The summed E-state index contributed by atoms with van der Waals surface area (Å²) in [7, 11) is -1.70. The predicted octanol–water partition coefficient (Wildman–Crippen LogP) is -1.05. The van der Waals surface area contributed by atoms with Crippen molar-refractivity contribution in [1.29, 1.82) is 0 Å². The Hall–Kier alpha value is -1.67. The van der Waals surface area contributed by atoms with E-state index in [9.17, 15) is 17.6 Å². The number of nitrogens with zero attached hydrogens (tertiary/aromatic N) is 2. The standard InChI is InChI=1S/C14H20FN3O3S/c1-16-7-9-17(10-8-16)14(19)11-18(22(2,20)21)13-6-4-3-5-12(13)15/h3-6H,7-11H2,1-2H3/p+1. The summed E-state index contributed by atoms with van der Waals surface area (Å²) in [6.07, 6.45) is 0.973. The lowest BCUT2D eigenvalue weighted by Gasteiger charge is -2.32. The molecule has 122 valence electrons. The quantitative estimate of drug-likeness (QED) is 0.766.